The number of halogens is 2. The van der Waals surface area contributed by atoms with Gasteiger partial charge in [-0.2, -0.15) is 10.2 Å². The summed E-state index contributed by atoms with van der Waals surface area (Å²) in [6, 6.07) is 8.19. The second-order valence-corrected chi connectivity index (χ2v) is 7.27. The van der Waals surface area contributed by atoms with Crippen LogP contribution in [0.15, 0.2) is 47.3 Å². The van der Waals surface area contributed by atoms with Gasteiger partial charge in [0.1, 0.15) is 10.3 Å². The highest BCUT2D eigenvalue weighted by atomic mass is 79.9. The van der Waals surface area contributed by atoms with E-state index in [1.165, 1.54) is 27.7 Å². The number of nitrogens with one attached hydrogen (secondary N) is 1. The minimum Gasteiger partial charge on any atom is -0.476 e. The number of carbonyl (C=O) groups is 2. The number of amides is 1. The summed E-state index contributed by atoms with van der Waals surface area (Å²) >= 11 is 9.44. The van der Waals surface area contributed by atoms with Gasteiger partial charge in [-0.15, -0.1) is 0 Å². The molecule has 9 nitrogen and oxygen atoms in total. The number of hydrogen-bond donors (Lipinski definition) is 2. The fourth-order valence-electron chi connectivity index (χ4n) is 2.94. The lowest BCUT2D eigenvalue weighted by molar-refractivity contribution is 0.0688. The van der Waals surface area contributed by atoms with Crippen LogP contribution in [-0.2, 0) is 0 Å². The van der Waals surface area contributed by atoms with Gasteiger partial charge in [-0.3, -0.25) is 4.79 Å². The number of hydrogen-bond acceptors (Lipinski definition) is 5. The number of aromatic nitrogens is 5. The number of nitrogens with zero attached hydrogens (tertiary/aromatic N) is 5. The first-order chi connectivity index (χ1) is 13.9. The highest BCUT2D eigenvalue weighted by Gasteiger charge is 2.24. The predicted molar refractivity (Wildman–Crippen MR) is 109 cm³/mol. The zero-order valence-corrected chi connectivity index (χ0v) is 17.1. The predicted octanol–water partition coefficient (Wildman–Crippen LogP) is 3.59. The van der Waals surface area contributed by atoms with Crippen molar-refractivity contribution in [3.05, 3.63) is 69.3 Å². The summed E-state index contributed by atoms with van der Waals surface area (Å²) in [5, 5.41) is 20.9. The summed E-state index contributed by atoms with van der Waals surface area (Å²) in [6.45, 7) is 1.71. The summed E-state index contributed by atoms with van der Waals surface area (Å²) in [6.07, 6.45) is 3.01. The Morgan fingerprint density at radius 3 is 2.76 bits per heavy atom. The Morgan fingerprint density at radius 2 is 2.03 bits per heavy atom. The van der Waals surface area contributed by atoms with Crippen LogP contribution in [0.2, 0.25) is 5.02 Å². The van der Waals surface area contributed by atoms with Gasteiger partial charge in [-0.25, -0.2) is 19.0 Å². The van der Waals surface area contributed by atoms with Gasteiger partial charge in [0.25, 0.3) is 5.91 Å². The Balaban J connectivity index is 1.81. The molecule has 11 heteroatoms. The van der Waals surface area contributed by atoms with Crippen molar-refractivity contribution in [1.29, 1.82) is 0 Å². The van der Waals surface area contributed by atoms with Crippen molar-refractivity contribution in [3.8, 4) is 5.82 Å². The summed E-state index contributed by atoms with van der Waals surface area (Å²) in [4.78, 5) is 29.1. The summed E-state index contributed by atoms with van der Waals surface area (Å²) < 4.78 is 2.93. The Morgan fingerprint density at radius 1 is 1.24 bits per heavy atom. The number of rotatable bonds is 4. The first-order valence-electron chi connectivity index (χ1n) is 8.25. The van der Waals surface area contributed by atoms with Crippen molar-refractivity contribution in [2.45, 2.75) is 6.92 Å². The van der Waals surface area contributed by atoms with Crippen LogP contribution in [0.1, 0.15) is 26.5 Å². The maximum atomic E-state index is 13.0. The molecule has 0 bridgehead atoms. The number of fused-ring (bicyclic) bond motifs is 1. The molecule has 4 aromatic heterocycles. The highest BCUT2D eigenvalue weighted by molar-refractivity contribution is 9.10. The fraction of sp³-hybridized carbons (Fsp3) is 0.0556. The van der Waals surface area contributed by atoms with E-state index in [9.17, 15) is 14.7 Å². The largest absolute Gasteiger partial charge is 0.476 e. The van der Waals surface area contributed by atoms with E-state index in [1.54, 1.807) is 31.2 Å². The Hall–Kier alpha value is -3.24. The zero-order valence-electron chi connectivity index (χ0n) is 14.8. The molecule has 1 amide bonds. The monoisotopic (exact) mass is 474 g/mol. The van der Waals surface area contributed by atoms with E-state index in [0.717, 1.165) is 0 Å². The number of carbonyl (C=O) groups excluding carboxylic acids is 1. The maximum absolute atomic E-state index is 13.0. The van der Waals surface area contributed by atoms with Gasteiger partial charge in [-0.1, -0.05) is 11.6 Å². The molecule has 0 spiro atoms. The van der Waals surface area contributed by atoms with Gasteiger partial charge in [0, 0.05) is 12.3 Å². The van der Waals surface area contributed by atoms with Crippen molar-refractivity contribution >= 4 is 50.6 Å². The number of carboxylic acids is 1. The normalized spacial score (nSPS) is 11.0. The van der Waals surface area contributed by atoms with Crippen molar-refractivity contribution < 1.29 is 14.7 Å². The molecule has 2 N–H and O–H groups in total. The average Bonchev–Trinajstić information content (AvgIpc) is 3.28. The standard InChI is InChI=1S/C18H12BrClN6O3/c1-9-7-10-4-6-22-25(10)15(18(28)29)14(9)23-17(27)12-8-13(19)24-26(12)16-11(20)3-2-5-21-16/h2-8H,1H3,(H,23,27)(H,28,29). The van der Waals surface area contributed by atoms with E-state index in [1.807, 2.05) is 0 Å². The van der Waals surface area contributed by atoms with Gasteiger partial charge in [0.05, 0.1) is 22.4 Å². The second-order valence-electron chi connectivity index (χ2n) is 6.05. The van der Waals surface area contributed by atoms with Crippen molar-refractivity contribution in [2.24, 2.45) is 0 Å². The van der Waals surface area contributed by atoms with Gasteiger partial charge in [0.15, 0.2) is 11.5 Å². The van der Waals surface area contributed by atoms with Gasteiger partial charge < -0.3 is 10.4 Å². The van der Waals surface area contributed by atoms with Crippen LogP contribution in [0.25, 0.3) is 11.3 Å². The molecule has 146 valence electrons. The van der Waals surface area contributed by atoms with E-state index < -0.39 is 11.9 Å². The zero-order chi connectivity index (χ0) is 20.7. The molecule has 4 heterocycles. The summed E-state index contributed by atoms with van der Waals surface area (Å²) in [5.74, 6) is -1.54. The summed E-state index contributed by atoms with van der Waals surface area (Å²) in [5.41, 5.74) is 1.28. The minimum absolute atomic E-state index is 0.119. The SMILES string of the molecule is Cc1cc2ccnn2c(C(=O)O)c1NC(=O)c1cc(Br)nn1-c1ncccc1Cl. The Kier molecular flexibility index (Phi) is 4.81. The highest BCUT2D eigenvalue weighted by Crippen LogP contribution is 2.26. The molecule has 0 saturated heterocycles. The maximum Gasteiger partial charge on any atom is 0.356 e. The molecule has 0 aliphatic rings. The third-order valence-corrected chi connectivity index (χ3v) is 4.85. The molecule has 0 unspecified atom stereocenters. The molecule has 0 fully saturated rings. The molecule has 4 rings (SSSR count). The molecule has 0 saturated carbocycles. The van der Waals surface area contributed by atoms with Crippen LogP contribution in [0.4, 0.5) is 5.69 Å². The van der Waals surface area contributed by atoms with Crippen molar-refractivity contribution in [3.63, 3.8) is 0 Å². The molecular formula is C18H12BrClN6O3. The average molecular weight is 476 g/mol. The lowest BCUT2D eigenvalue weighted by atomic mass is 10.1. The molecule has 0 aromatic carbocycles. The lowest BCUT2D eigenvalue weighted by Gasteiger charge is -2.14. The molecule has 4 aromatic rings. The van der Waals surface area contributed by atoms with Crippen LogP contribution < -0.4 is 5.32 Å². The quantitative estimate of drug-likeness (QED) is 0.466. The number of pyridine rings is 2. The van der Waals surface area contributed by atoms with E-state index >= 15 is 0 Å². The van der Waals surface area contributed by atoms with E-state index in [4.69, 9.17) is 11.6 Å². The fourth-order valence-corrected chi connectivity index (χ4v) is 3.51. The summed E-state index contributed by atoms with van der Waals surface area (Å²) in [7, 11) is 0. The van der Waals surface area contributed by atoms with Crippen LogP contribution in [0.5, 0.6) is 0 Å². The van der Waals surface area contributed by atoms with Gasteiger partial charge in [0.2, 0.25) is 0 Å². The second kappa shape index (κ2) is 7.30. The molecule has 0 atom stereocenters. The number of aryl methyl sites for hydroxylation is 1. The number of aromatic carboxylic acids is 1. The topological polar surface area (TPSA) is 114 Å². The smallest absolute Gasteiger partial charge is 0.356 e. The number of carboxylic acid groups (broad SMARTS) is 1. The molecule has 0 radical (unpaired) electrons. The molecular weight excluding hydrogens is 464 g/mol. The first-order valence-corrected chi connectivity index (χ1v) is 9.42. The number of anilines is 1. The molecule has 0 aliphatic carbocycles. The van der Waals surface area contributed by atoms with Crippen LogP contribution in [-0.4, -0.2) is 41.4 Å². The third-order valence-electron chi connectivity index (χ3n) is 4.17. The van der Waals surface area contributed by atoms with Crippen molar-refractivity contribution in [1.82, 2.24) is 24.4 Å². The van der Waals surface area contributed by atoms with Gasteiger partial charge in [-0.05, 0) is 52.7 Å². The van der Waals surface area contributed by atoms with Gasteiger partial charge >= 0.3 is 5.97 Å². The van der Waals surface area contributed by atoms with E-state index in [0.29, 0.717) is 20.7 Å². The van der Waals surface area contributed by atoms with E-state index in [-0.39, 0.29) is 22.9 Å². The minimum atomic E-state index is -1.22. The van der Waals surface area contributed by atoms with Crippen molar-refractivity contribution in [2.75, 3.05) is 5.32 Å². The third kappa shape index (κ3) is 3.36. The van der Waals surface area contributed by atoms with Crippen LogP contribution >= 0.6 is 27.5 Å². The first kappa shape index (κ1) is 19.1. The lowest BCUT2D eigenvalue weighted by Crippen LogP contribution is -2.21. The Bertz CT molecular complexity index is 1280. The van der Waals surface area contributed by atoms with Crippen LogP contribution in [0.3, 0.4) is 0 Å². The molecule has 0 aliphatic heterocycles. The molecule has 29 heavy (non-hydrogen) atoms. The van der Waals surface area contributed by atoms with E-state index in [2.05, 4.69) is 36.4 Å². The Labute approximate surface area is 177 Å². The van der Waals surface area contributed by atoms with Crippen LogP contribution in [0, 0.1) is 6.92 Å².